The molecule has 0 unspecified atom stereocenters. The molecule has 0 amide bonds. The zero-order valence-electron chi connectivity index (χ0n) is 11.6. The van der Waals surface area contributed by atoms with Gasteiger partial charge >= 0.3 is 0 Å². The third-order valence-electron chi connectivity index (χ3n) is 6.43. The van der Waals surface area contributed by atoms with E-state index in [9.17, 15) is 0 Å². The van der Waals surface area contributed by atoms with Gasteiger partial charge in [0.2, 0.25) is 0 Å². The SMILES string of the molecule is N[C@@H]1CCN(CCC23CC4CC(CC(C4)C2)C3)C1. The van der Waals surface area contributed by atoms with Gasteiger partial charge in [-0.1, -0.05) is 0 Å². The molecule has 1 saturated heterocycles. The van der Waals surface area contributed by atoms with Crippen molar-refractivity contribution in [1.82, 2.24) is 4.90 Å². The summed E-state index contributed by atoms with van der Waals surface area (Å²) in [4.78, 5) is 2.63. The van der Waals surface area contributed by atoms with Gasteiger partial charge in [0, 0.05) is 12.6 Å². The summed E-state index contributed by atoms with van der Waals surface area (Å²) in [7, 11) is 0. The van der Waals surface area contributed by atoms with Crippen LogP contribution in [-0.2, 0) is 0 Å². The standard InChI is InChI=1S/C16H28N2/c17-15-1-3-18(11-15)4-2-16-8-12-5-13(9-16)7-14(6-12)10-16/h12-15H,1-11,17H2/t12?,13?,14?,15-,16?/m1/s1. The average Bonchev–Trinajstić information content (AvgIpc) is 2.71. The van der Waals surface area contributed by atoms with E-state index in [-0.39, 0.29) is 0 Å². The van der Waals surface area contributed by atoms with Crippen LogP contribution in [0.5, 0.6) is 0 Å². The molecule has 0 aromatic rings. The Bertz CT molecular complexity index is 290. The van der Waals surface area contributed by atoms with E-state index in [1.165, 1.54) is 25.9 Å². The Balaban J connectivity index is 1.39. The van der Waals surface area contributed by atoms with Crippen molar-refractivity contribution in [3.63, 3.8) is 0 Å². The largest absolute Gasteiger partial charge is 0.326 e. The van der Waals surface area contributed by atoms with Gasteiger partial charge in [-0.15, -0.1) is 0 Å². The molecular weight excluding hydrogens is 220 g/mol. The van der Waals surface area contributed by atoms with Gasteiger partial charge in [-0.25, -0.2) is 0 Å². The fraction of sp³-hybridized carbons (Fsp3) is 1.00. The second kappa shape index (κ2) is 4.21. The Hall–Kier alpha value is -0.0800. The van der Waals surface area contributed by atoms with Crippen LogP contribution >= 0.6 is 0 Å². The van der Waals surface area contributed by atoms with Gasteiger partial charge in [-0.2, -0.15) is 0 Å². The van der Waals surface area contributed by atoms with Crippen LogP contribution < -0.4 is 5.73 Å². The minimum Gasteiger partial charge on any atom is -0.326 e. The molecule has 2 nitrogen and oxygen atoms in total. The van der Waals surface area contributed by atoms with Crippen LogP contribution in [0.25, 0.3) is 0 Å². The maximum atomic E-state index is 6.02. The average molecular weight is 248 g/mol. The summed E-state index contributed by atoms with van der Waals surface area (Å²) in [6.45, 7) is 3.75. The van der Waals surface area contributed by atoms with E-state index in [0.29, 0.717) is 6.04 Å². The van der Waals surface area contributed by atoms with Crippen molar-refractivity contribution in [2.75, 3.05) is 19.6 Å². The van der Waals surface area contributed by atoms with Crippen molar-refractivity contribution in [3.8, 4) is 0 Å². The van der Waals surface area contributed by atoms with Gasteiger partial charge in [-0.3, -0.25) is 0 Å². The normalized spacial score (nSPS) is 51.2. The summed E-state index contributed by atoms with van der Waals surface area (Å²) in [6, 6.07) is 0.460. The van der Waals surface area contributed by atoms with Gasteiger partial charge in [0.05, 0.1) is 0 Å². The molecule has 5 aliphatic rings. The van der Waals surface area contributed by atoms with Crippen molar-refractivity contribution in [3.05, 3.63) is 0 Å². The van der Waals surface area contributed by atoms with Gasteiger partial charge in [0.25, 0.3) is 0 Å². The van der Waals surface area contributed by atoms with E-state index in [0.717, 1.165) is 29.7 Å². The molecule has 102 valence electrons. The Kier molecular flexibility index (Phi) is 2.74. The van der Waals surface area contributed by atoms with Crippen LogP contribution in [0.4, 0.5) is 0 Å². The highest BCUT2D eigenvalue weighted by atomic mass is 15.2. The molecule has 0 aromatic carbocycles. The van der Waals surface area contributed by atoms with E-state index >= 15 is 0 Å². The molecule has 5 rings (SSSR count). The molecule has 5 fully saturated rings. The summed E-state index contributed by atoms with van der Waals surface area (Å²) >= 11 is 0. The van der Waals surface area contributed by atoms with E-state index in [1.807, 2.05) is 0 Å². The number of rotatable bonds is 3. The van der Waals surface area contributed by atoms with Gasteiger partial charge in [0.15, 0.2) is 0 Å². The lowest BCUT2D eigenvalue weighted by atomic mass is 9.49. The quantitative estimate of drug-likeness (QED) is 0.832. The van der Waals surface area contributed by atoms with Crippen molar-refractivity contribution < 1.29 is 0 Å². The highest BCUT2D eigenvalue weighted by Gasteiger charge is 2.50. The summed E-state index contributed by atoms with van der Waals surface area (Å²) in [5.41, 5.74) is 6.79. The second-order valence-electron chi connectivity index (χ2n) is 8.02. The van der Waals surface area contributed by atoms with Crippen LogP contribution in [0.2, 0.25) is 0 Å². The van der Waals surface area contributed by atoms with E-state index in [2.05, 4.69) is 4.90 Å². The number of nitrogens with two attached hydrogens (primary N) is 1. The third kappa shape index (κ3) is 2.02. The maximum absolute atomic E-state index is 6.02. The monoisotopic (exact) mass is 248 g/mol. The van der Waals surface area contributed by atoms with Gasteiger partial charge in [0.1, 0.15) is 0 Å². The molecule has 0 spiro atoms. The molecular formula is C16H28N2. The molecule has 1 heterocycles. The van der Waals surface area contributed by atoms with Crippen molar-refractivity contribution in [2.45, 2.75) is 57.4 Å². The Morgan fingerprint density at radius 2 is 1.61 bits per heavy atom. The van der Waals surface area contributed by atoms with Crippen LogP contribution in [0.1, 0.15) is 51.4 Å². The molecule has 2 heteroatoms. The molecule has 0 radical (unpaired) electrons. The van der Waals surface area contributed by atoms with Crippen LogP contribution in [0, 0.1) is 23.2 Å². The Morgan fingerprint density at radius 1 is 1.00 bits per heavy atom. The second-order valence-corrected chi connectivity index (χ2v) is 8.02. The molecule has 4 saturated carbocycles. The van der Waals surface area contributed by atoms with Gasteiger partial charge < -0.3 is 10.6 Å². The molecule has 0 aromatic heterocycles. The summed E-state index contributed by atoms with van der Waals surface area (Å²) in [6.07, 6.45) is 12.1. The number of hydrogen-bond acceptors (Lipinski definition) is 2. The molecule has 18 heavy (non-hydrogen) atoms. The van der Waals surface area contributed by atoms with Crippen LogP contribution in [-0.4, -0.2) is 30.6 Å². The minimum absolute atomic E-state index is 0.460. The molecule has 2 N–H and O–H groups in total. The van der Waals surface area contributed by atoms with Crippen LogP contribution in [0.15, 0.2) is 0 Å². The highest BCUT2D eigenvalue weighted by molar-refractivity contribution is 5.01. The fourth-order valence-corrected chi connectivity index (χ4v) is 6.06. The fourth-order valence-electron chi connectivity index (χ4n) is 6.06. The number of likely N-dealkylation sites (tertiary alicyclic amines) is 1. The molecule has 1 atom stereocenters. The van der Waals surface area contributed by atoms with Crippen molar-refractivity contribution in [2.24, 2.45) is 28.9 Å². The summed E-state index contributed by atoms with van der Waals surface area (Å²) in [5, 5.41) is 0. The maximum Gasteiger partial charge on any atom is 0.0180 e. The molecule has 1 aliphatic heterocycles. The summed E-state index contributed by atoms with van der Waals surface area (Å²) in [5.74, 6) is 3.33. The smallest absolute Gasteiger partial charge is 0.0180 e. The Labute approximate surface area is 111 Å². The first kappa shape index (κ1) is 11.7. The van der Waals surface area contributed by atoms with Crippen molar-refractivity contribution >= 4 is 0 Å². The Morgan fingerprint density at radius 3 is 2.11 bits per heavy atom. The predicted octanol–water partition coefficient (Wildman–Crippen LogP) is 2.63. The molecule has 4 bridgehead atoms. The zero-order valence-corrected chi connectivity index (χ0v) is 11.6. The van der Waals surface area contributed by atoms with E-state index in [1.54, 1.807) is 38.5 Å². The minimum atomic E-state index is 0.460. The zero-order chi connectivity index (χ0) is 12.2. The topological polar surface area (TPSA) is 29.3 Å². The van der Waals surface area contributed by atoms with E-state index < -0.39 is 0 Å². The first-order valence-corrected chi connectivity index (χ1v) is 8.19. The van der Waals surface area contributed by atoms with Crippen molar-refractivity contribution in [1.29, 1.82) is 0 Å². The first-order chi connectivity index (χ1) is 8.71. The predicted molar refractivity (Wildman–Crippen MR) is 74.3 cm³/mol. The van der Waals surface area contributed by atoms with Crippen LogP contribution in [0.3, 0.4) is 0 Å². The van der Waals surface area contributed by atoms with E-state index in [4.69, 9.17) is 5.73 Å². The lowest BCUT2D eigenvalue weighted by molar-refractivity contribution is -0.0603. The third-order valence-corrected chi connectivity index (χ3v) is 6.43. The highest BCUT2D eigenvalue weighted by Crippen LogP contribution is 2.61. The number of hydrogen-bond donors (Lipinski definition) is 1. The molecule has 4 aliphatic carbocycles. The number of nitrogens with zero attached hydrogens (tertiary/aromatic N) is 1. The summed E-state index contributed by atoms with van der Waals surface area (Å²) < 4.78 is 0. The lowest BCUT2D eigenvalue weighted by Crippen LogP contribution is -2.47. The first-order valence-electron chi connectivity index (χ1n) is 8.19. The van der Waals surface area contributed by atoms with Gasteiger partial charge in [-0.05, 0) is 87.6 Å². The lowest BCUT2D eigenvalue weighted by Gasteiger charge is -2.57.